The lowest BCUT2D eigenvalue weighted by Crippen LogP contribution is -2.54. The van der Waals surface area contributed by atoms with Crippen molar-refractivity contribution < 1.29 is 18.0 Å². The molecular weight excluding hydrogens is 301 g/mol. The van der Waals surface area contributed by atoms with Gasteiger partial charge in [-0.2, -0.15) is 13.2 Å². The van der Waals surface area contributed by atoms with Gasteiger partial charge in [0.2, 0.25) is 5.91 Å². The number of carbonyl (C=O) groups is 1. The Bertz CT molecular complexity index is 388. The van der Waals surface area contributed by atoms with E-state index in [1.165, 1.54) is 0 Å². The molecule has 7 heteroatoms. The molecule has 0 aromatic heterocycles. The number of halogens is 3. The molecule has 1 aliphatic rings. The third-order valence-corrected chi connectivity index (χ3v) is 4.46. The highest BCUT2D eigenvalue weighted by Crippen LogP contribution is 2.38. The lowest BCUT2D eigenvalue weighted by atomic mass is 9.78. The van der Waals surface area contributed by atoms with Gasteiger partial charge in [0, 0.05) is 6.04 Å². The standard InChI is InChI=1S/C14H23F3N2OS/c1-10(2)19(9-14(15,16)17)12(20)13(11(18)21)7-5-3-4-6-8-13/h10H,3-9H2,1-2H3,(H2,18,21). The fraction of sp³-hybridized carbons (Fsp3) is 0.857. The van der Waals surface area contributed by atoms with Crippen LogP contribution in [-0.4, -0.2) is 34.6 Å². The van der Waals surface area contributed by atoms with Gasteiger partial charge in [0.15, 0.2) is 0 Å². The van der Waals surface area contributed by atoms with Crippen molar-refractivity contribution in [3.05, 3.63) is 0 Å². The molecule has 0 bridgehead atoms. The Morgan fingerprint density at radius 3 is 2.05 bits per heavy atom. The maximum absolute atomic E-state index is 12.8. The van der Waals surface area contributed by atoms with Crippen LogP contribution in [0.1, 0.15) is 52.4 Å². The number of nitrogens with zero attached hydrogens (tertiary/aromatic N) is 1. The molecule has 0 aromatic carbocycles. The minimum atomic E-state index is -4.43. The summed E-state index contributed by atoms with van der Waals surface area (Å²) in [5, 5.41) is 0. The lowest BCUT2D eigenvalue weighted by molar-refractivity contribution is -0.169. The lowest BCUT2D eigenvalue weighted by Gasteiger charge is -2.38. The Kier molecular flexibility index (Phi) is 6.01. The van der Waals surface area contributed by atoms with Gasteiger partial charge in [0.1, 0.15) is 6.54 Å². The van der Waals surface area contributed by atoms with E-state index in [9.17, 15) is 18.0 Å². The summed E-state index contributed by atoms with van der Waals surface area (Å²) in [5.41, 5.74) is 4.67. The molecule has 0 heterocycles. The second kappa shape index (κ2) is 6.94. The van der Waals surface area contributed by atoms with Crippen LogP contribution in [0, 0.1) is 5.41 Å². The molecule has 1 saturated carbocycles. The van der Waals surface area contributed by atoms with Crippen molar-refractivity contribution in [2.24, 2.45) is 11.1 Å². The molecule has 21 heavy (non-hydrogen) atoms. The first kappa shape index (κ1) is 18.2. The number of hydrogen-bond acceptors (Lipinski definition) is 2. The predicted octanol–water partition coefficient (Wildman–Crippen LogP) is 3.41. The SMILES string of the molecule is CC(C)N(CC(F)(F)F)C(=O)C1(C(N)=S)CCCCCC1. The van der Waals surface area contributed by atoms with E-state index < -0.39 is 30.1 Å². The normalized spacial score (nSPS) is 19.1. The second-order valence-corrected chi connectivity index (χ2v) is 6.44. The smallest absolute Gasteiger partial charge is 0.392 e. The van der Waals surface area contributed by atoms with E-state index in [2.05, 4.69) is 0 Å². The van der Waals surface area contributed by atoms with Gasteiger partial charge in [-0.15, -0.1) is 0 Å². The highest BCUT2D eigenvalue weighted by atomic mass is 32.1. The molecule has 0 unspecified atom stereocenters. The van der Waals surface area contributed by atoms with Crippen molar-refractivity contribution in [2.75, 3.05) is 6.54 Å². The van der Waals surface area contributed by atoms with Gasteiger partial charge >= 0.3 is 6.18 Å². The van der Waals surface area contributed by atoms with Crippen molar-refractivity contribution in [1.82, 2.24) is 4.90 Å². The fourth-order valence-corrected chi connectivity index (χ4v) is 3.15. The summed E-state index contributed by atoms with van der Waals surface area (Å²) >= 11 is 5.06. The van der Waals surface area contributed by atoms with E-state index in [4.69, 9.17) is 18.0 Å². The van der Waals surface area contributed by atoms with E-state index in [1.807, 2.05) is 0 Å². The minimum Gasteiger partial charge on any atom is -0.392 e. The summed E-state index contributed by atoms with van der Waals surface area (Å²) in [7, 11) is 0. The highest BCUT2D eigenvalue weighted by molar-refractivity contribution is 7.80. The fourth-order valence-electron chi connectivity index (χ4n) is 2.85. The van der Waals surface area contributed by atoms with E-state index in [-0.39, 0.29) is 4.99 Å². The Morgan fingerprint density at radius 2 is 1.71 bits per heavy atom. The zero-order chi connectivity index (χ0) is 16.3. The van der Waals surface area contributed by atoms with Crippen LogP contribution in [0.4, 0.5) is 13.2 Å². The van der Waals surface area contributed by atoms with E-state index >= 15 is 0 Å². The summed E-state index contributed by atoms with van der Waals surface area (Å²) in [6.45, 7) is 1.90. The maximum atomic E-state index is 12.8. The Labute approximate surface area is 129 Å². The summed E-state index contributed by atoms with van der Waals surface area (Å²) < 4.78 is 38.2. The predicted molar refractivity (Wildman–Crippen MR) is 79.8 cm³/mol. The molecule has 1 aliphatic carbocycles. The molecule has 0 aliphatic heterocycles. The Balaban J connectivity index is 3.09. The number of nitrogens with two attached hydrogens (primary N) is 1. The van der Waals surface area contributed by atoms with Crippen LogP contribution in [0.5, 0.6) is 0 Å². The van der Waals surface area contributed by atoms with Crippen molar-refractivity contribution >= 4 is 23.1 Å². The molecule has 0 atom stereocenters. The molecule has 122 valence electrons. The van der Waals surface area contributed by atoms with Crippen molar-refractivity contribution in [3.63, 3.8) is 0 Å². The van der Waals surface area contributed by atoms with Crippen molar-refractivity contribution in [3.8, 4) is 0 Å². The molecule has 0 radical (unpaired) electrons. The second-order valence-electron chi connectivity index (χ2n) is 6.00. The zero-order valence-corrected chi connectivity index (χ0v) is 13.3. The number of rotatable bonds is 4. The number of hydrogen-bond donors (Lipinski definition) is 1. The van der Waals surface area contributed by atoms with Crippen LogP contribution in [0.25, 0.3) is 0 Å². The van der Waals surface area contributed by atoms with E-state index in [0.29, 0.717) is 12.8 Å². The van der Waals surface area contributed by atoms with Crippen LogP contribution in [0.15, 0.2) is 0 Å². The van der Waals surface area contributed by atoms with Gasteiger partial charge in [-0.25, -0.2) is 0 Å². The molecule has 1 rings (SSSR count). The van der Waals surface area contributed by atoms with Gasteiger partial charge in [-0.1, -0.05) is 37.9 Å². The van der Waals surface area contributed by atoms with Crippen LogP contribution < -0.4 is 5.73 Å². The average molecular weight is 324 g/mol. The van der Waals surface area contributed by atoms with E-state index in [1.54, 1.807) is 13.8 Å². The third-order valence-electron chi connectivity index (χ3n) is 4.07. The topological polar surface area (TPSA) is 46.3 Å². The van der Waals surface area contributed by atoms with Gasteiger partial charge in [0.05, 0.1) is 10.4 Å². The molecule has 0 saturated heterocycles. The monoisotopic (exact) mass is 324 g/mol. The number of carbonyl (C=O) groups excluding carboxylic acids is 1. The number of amides is 1. The summed E-state index contributed by atoms with van der Waals surface area (Å²) in [6, 6.07) is -0.548. The first-order valence-electron chi connectivity index (χ1n) is 7.28. The van der Waals surface area contributed by atoms with Gasteiger partial charge in [-0.3, -0.25) is 4.79 Å². The molecule has 1 amide bonds. The molecule has 1 fully saturated rings. The van der Waals surface area contributed by atoms with Gasteiger partial charge in [-0.05, 0) is 26.7 Å². The largest absolute Gasteiger partial charge is 0.406 e. The first-order valence-corrected chi connectivity index (χ1v) is 7.69. The Hall–Kier alpha value is -0.850. The quantitative estimate of drug-likeness (QED) is 0.637. The van der Waals surface area contributed by atoms with Gasteiger partial charge < -0.3 is 10.6 Å². The number of alkyl halides is 3. The van der Waals surface area contributed by atoms with Crippen molar-refractivity contribution in [1.29, 1.82) is 0 Å². The summed E-state index contributed by atoms with van der Waals surface area (Å²) in [4.78, 5) is 13.7. The molecular formula is C14H23F3N2OS. The average Bonchev–Trinajstić information content (AvgIpc) is 2.60. The highest BCUT2D eigenvalue weighted by Gasteiger charge is 2.46. The molecule has 3 nitrogen and oxygen atoms in total. The van der Waals surface area contributed by atoms with Gasteiger partial charge in [0.25, 0.3) is 0 Å². The molecule has 0 aromatic rings. The minimum absolute atomic E-state index is 0.0298. The molecule has 2 N–H and O–H groups in total. The summed E-state index contributed by atoms with van der Waals surface area (Å²) in [5.74, 6) is -0.566. The van der Waals surface area contributed by atoms with Crippen LogP contribution >= 0.6 is 12.2 Å². The van der Waals surface area contributed by atoms with Crippen LogP contribution in [0.2, 0.25) is 0 Å². The number of thiocarbonyl (C=S) groups is 1. The first-order chi connectivity index (χ1) is 9.60. The van der Waals surface area contributed by atoms with Crippen LogP contribution in [-0.2, 0) is 4.79 Å². The third kappa shape index (κ3) is 4.56. The van der Waals surface area contributed by atoms with Crippen molar-refractivity contribution in [2.45, 2.75) is 64.6 Å². The van der Waals surface area contributed by atoms with Crippen LogP contribution in [0.3, 0.4) is 0 Å². The van der Waals surface area contributed by atoms with E-state index in [0.717, 1.165) is 30.6 Å². The molecule has 0 spiro atoms. The Morgan fingerprint density at radius 1 is 1.24 bits per heavy atom. The zero-order valence-electron chi connectivity index (χ0n) is 12.5. The maximum Gasteiger partial charge on any atom is 0.406 e. The summed E-state index contributed by atoms with van der Waals surface area (Å²) in [6.07, 6.45) is -0.0915.